The van der Waals surface area contributed by atoms with Crippen molar-refractivity contribution in [3.8, 4) is 0 Å². The Morgan fingerprint density at radius 3 is 2.15 bits per heavy atom. The minimum Gasteiger partial charge on any atom is -0.254 e. The molecule has 0 bridgehead atoms. The van der Waals surface area contributed by atoms with Gasteiger partial charge in [0.05, 0.1) is 16.2 Å². The summed E-state index contributed by atoms with van der Waals surface area (Å²) in [7, 11) is -3.62. The molecule has 2 aromatic rings. The zero-order valence-electron chi connectivity index (χ0n) is 20.1. The molecule has 34 heavy (non-hydrogen) atoms. The van der Waals surface area contributed by atoms with Gasteiger partial charge in [-0.05, 0) is 43.9 Å². The maximum Gasteiger partial charge on any atom is 0.270 e. The van der Waals surface area contributed by atoms with Gasteiger partial charge < -0.3 is 0 Å². The number of rotatable bonds is 9. The van der Waals surface area contributed by atoms with Crippen molar-refractivity contribution in [1.29, 1.82) is 0 Å². The Hall–Kier alpha value is -2.39. The standard InChI is InChI=1S/C14H19F2NO2S.C11H16N2O/c1-14(15,16)11-7-9-13(10-8-11)20(18,19)17-12-5-3-2-4-6-12;1-3-9-13(12-14)10(2)11-7-5-4-6-8-11/h7-10,12,17H,2-6H2,1H3;4-8,10H,3,9H2,1-2H3. The molecule has 188 valence electrons. The van der Waals surface area contributed by atoms with E-state index in [0.29, 0.717) is 6.54 Å². The van der Waals surface area contributed by atoms with Crippen LogP contribution in [0.4, 0.5) is 8.78 Å². The number of hydrogen-bond donors (Lipinski definition) is 1. The van der Waals surface area contributed by atoms with Gasteiger partial charge in [-0.15, -0.1) is 4.91 Å². The summed E-state index contributed by atoms with van der Waals surface area (Å²) in [5.74, 6) is -2.96. The van der Waals surface area contributed by atoms with Crippen LogP contribution in [0.2, 0.25) is 0 Å². The molecule has 0 saturated heterocycles. The molecule has 0 heterocycles. The van der Waals surface area contributed by atoms with Crippen molar-refractivity contribution < 1.29 is 17.2 Å². The molecule has 1 fully saturated rings. The second-order valence-electron chi connectivity index (χ2n) is 8.70. The van der Waals surface area contributed by atoms with Crippen molar-refractivity contribution in [1.82, 2.24) is 9.73 Å². The largest absolute Gasteiger partial charge is 0.270 e. The minimum atomic E-state index is -3.62. The van der Waals surface area contributed by atoms with E-state index in [1.165, 1.54) is 12.1 Å². The zero-order chi connectivity index (χ0) is 25.2. The van der Waals surface area contributed by atoms with Crippen LogP contribution in [0.5, 0.6) is 0 Å². The van der Waals surface area contributed by atoms with Gasteiger partial charge in [0.1, 0.15) is 0 Å². The number of nitrogens with zero attached hydrogens (tertiary/aromatic N) is 2. The van der Waals surface area contributed by atoms with E-state index in [4.69, 9.17) is 0 Å². The molecule has 0 radical (unpaired) electrons. The SMILES string of the molecule is CC(F)(F)c1ccc(S(=O)(=O)NC2CCCCC2)cc1.CCCN(N=O)C(C)c1ccccc1. The van der Waals surface area contributed by atoms with Crippen molar-refractivity contribution in [3.05, 3.63) is 70.6 Å². The molecule has 1 aliphatic rings. The van der Waals surface area contributed by atoms with E-state index in [9.17, 15) is 22.1 Å². The van der Waals surface area contributed by atoms with Gasteiger partial charge in [0.2, 0.25) is 10.0 Å². The van der Waals surface area contributed by atoms with Gasteiger partial charge in [-0.3, -0.25) is 5.01 Å². The Balaban J connectivity index is 0.000000257. The van der Waals surface area contributed by atoms with Gasteiger partial charge >= 0.3 is 0 Å². The van der Waals surface area contributed by atoms with Gasteiger partial charge in [-0.25, -0.2) is 21.9 Å². The molecule has 1 unspecified atom stereocenters. The van der Waals surface area contributed by atoms with Gasteiger partial charge in [0.25, 0.3) is 5.92 Å². The Morgan fingerprint density at radius 1 is 1.06 bits per heavy atom. The second kappa shape index (κ2) is 12.9. The van der Waals surface area contributed by atoms with Crippen LogP contribution in [0.1, 0.15) is 76.5 Å². The summed E-state index contributed by atoms with van der Waals surface area (Å²) in [6.07, 6.45) is 5.79. The fourth-order valence-corrected chi connectivity index (χ4v) is 5.18. The van der Waals surface area contributed by atoms with Gasteiger partial charge in [-0.1, -0.05) is 68.7 Å². The van der Waals surface area contributed by atoms with Crippen molar-refractivity contribution in [3.63, 3.8) is 0 Å². The van der Waals surface area contributed by atoms with E-state index >= 15 is 0 Å². The van der Waals surface area contributed by atoms with Crippen LogP contribution in [-0.2, 0) is 15.9 Å². The molecule has 1 aliphatic carbocycles. The molecule has 0 aliphatic heterocycles. The molecular weight excluding hydrogens is 460 g/mol. The Morgan fingerprint density at radius 2 is 1.65 bits per heavy atom. The highest BCUT2D eigenvalue weighted by Gasteiger charge is 2.26. The van der Waals surface area contributed by atoms with Crippen LogP contribution in [0.25, 0.3) is 0 Å². The molecule has 9 heteroatoms. The second-order valence-corrected chi connectivity index (χ2v) is 10.4. The van der Waals surface area contributed by atoms with Crippen LogP contribution in [0.15, 0.2) is 64.8 Å². The number of benzene rings is 2. The van der Waals surface area contributed by atoms with Crippen molar-refractivity contribution in [2.75, 3.05) is 6.54 Å². The number of halogens is 2. The highest BCUT2D eigenvalue weighted by atomic mass is 32.2. The minimum absolute atomic E-state index is 0.0380. The van der Waals surface area contributed by atoms with E-state index < -0.39 is 15.9 Å². The van der Waals surface area contributed by atoms with Gasteiger partial charge in [0, 0.05) is 25.1 Å². The Labute approximate surface area is 201 Å². The number of nitrogens with one attached hydrogen (secondary N) is 1. The van der Waals surface area contributed by atoms with E-state index in [2.05, 4.69) is 10.0 Å². The molecular formula is C25H35F2N3O3S. The molecule has 6 nitrogen and oxygen atoms in total. The number of nitroso groups, excluding NO2 is 1. The van der Waals surface area contributed by atoms with Gasteiger partial charge in [0.15, 0.2) is 0 Å². The lowest BCUT2D eigenvalue weighted by molar-refractivity contribution is 0.0174. The van der Waals surface area contributed by atoms with Crippen LogP contribution in [0, 0.1) is 4.91 Å². The van der Waals surface area contributed by atoms with E-state index in [-0.39, 0.29) is 22.5 Å². The summed E-state index contributed by atoms with van der Waals surface area (Å²) in [5.41, 5.74) is 0.940. The number of alkyl halides is 2. The molecule has 0 spiro atoms. The van der Waals surface area contributed by atoms with Crippen molar-refractivity contribution in [2.24, 2.45) is 5.29 Å². The highest BCUT2D eigenvalue weighted by Crippen LogP contribution is 2.28. The van der Waals surface area contributed by atoms with E-state index in [1.807, 2.05) is 44.2 Å². The third-order valence-corrected chi connectivity index (χ3v) is 7.42. The summed E-state index contributed by atoms with van der Waals surface area (Å²) in [6.45, 7) is 5.53. The van der Waals surface area contributed by atoms with Crippen LogP contribution in [0.3, 0.4) is 0 Å². The Bertz CT molecular complexity index is 975. The maximum atomic E-state index is 13.1. The lowest BCUT2D eigenvalue weighted by Gasteiger charge is -2.22. The zero-order valence-corrected chi connectivity index (χ0v) is 20.9. The average molecular weight is 496 g/mol. The number of sulfonamides is 1. The molecule has 3 rings (SSSR count). The smallest absolute Gasteiger partial charge is 0.254 e. The third kappa shape index (κ3) is 8.43. The molecule has 1 N–H and O–H groups in total. The topological polar surface area (TPSA) is 78.8 Å². The van der Waals surface area contributed by atoms with Crippen molar-refractivity contribution >= 4 is 10.0 Å². The fourth-order valence-electron chi connectivity index (χ4n) is 3.87. The highest BCUT2D eigenvalue weighted by molar-refractivity contribution is 7.89. The predicted molar refractivity (Wildman–Crippen MR) is 131 cm³/mol. The van der Waals surface area contributed by atoms with Crippen LogP contribution < -0.4 is 4.72 Å². The summed E-state index contributed by atoms with van der Waals surface area (Å²) < 4.78 is 53.2. The summed E-state index contributed by atoms with van der Waals surface area (Å²) >= 11 is 0. The molecule has 1 atom stereocenters. The van der Waals surface area contributed by atoms with Crippen LogP contribution in [-0.4, -0.2) is 26.0 Å². The van der Waals surface area contributed by atoms with Crippen LogP contribution >= 0.6 is 0 Å². The quantitative estimate of drug-likeness (QED) is 0.316. The fraction of sp³-hybridized carbons (Fsp3) is 0.520. The third-order valence-electron chi connectivity index (χ3n) is 5.89. The Kier molecular flexibility index (Phi) is 10.6. The average Bonchev–Trinajstić information content (AvgIpc) is 2.83. The molecule has 0 amide bonds. The lowest BCUT2D eigenvalue weighted by atomic mass is 9.96. The first-order chi connectivity index (χ1) is 16.1. The normalized spacial score (nSPS) is 15.7. The van der Waals surface area contributed by atoms with E-state index in [1.54, 1.807) is 5.01 Å². The number of hydrogen-bond acceptors (Lipinski definition) is 4. The monoisotopic (exact) mass is 495 g/mol. The molecule has 0 aromatic heterocycles. The summed E-state index contributed by atoms with van der Waals surface area (Å²) in [5, 5.41) is 4.62. The lowest BCUT2D eigenvalue weighted by Crippen LogP contribution is -2.36. The molecule has 2 aromatic carbocycles. The maximum absolute atomic E-state index is 13.1. The first-order valence-corrected chi connectivity index (χ1v) is 13.2. The predicted octanol–water partition coefficient (Wildman–Crippen LogP) is 6.55. The van der Waals surface area contributed by atoms with E-state index in [0.717, 1.165) is 63.1 Å². The van der Waals surface area contributed by atoms with Gasteiger partial charge in [-0.2, -0.15) is 0 Å². The summed E-state index contributed by atoms with van der Waals surface area (Å²) in [4.78, 5) is 10.6. The first-order valence-electron chi connectivity index (χ1n) is 11.7. The summed E-state index contributed by atoms with van der Waals surface area (Å²) in [6, 6.07) is 14.8. The first kappa shape index (κ1) is 27.9. The van der Waals surface area contributed by atoms with Crippen molar-refractivity contribution in [2.45, 2.75) is 82.2 Å². The molecule has 1 saturated carbocycles.